The SMILES string of the molecule is CC(=O)Nc1ccc(NC(=O)NCCO[C@@H]2CCCC[C@H]2C)c(C(F)(F)F)c1. The molecule has 0 heterocycles. The van der Waals surface area contributed by atoms with E-state index in [0.717, 1.165) is 31.4 Å². The summed E-state index contributed by atoms with van der Waals surface area (Å²) in [5, 5.41) is 7.00. The van der Waals surface area contributed by atoms with Crippen LogP contribution >= 0.6 is 0 Å². The van der Waals surface area contributed by atoms with Crippen molar-refractivity contribution in [2.75, 3.05) is 23.8 Å². The molecule has 0 aliphatic heterocycles. The Balaban J connectivity index is 1.89. The quantitative estimate of drug-likeness (QED) is 0.619. The predicted molar refractivity (Wildman–Crippen MR) is 100 cm³/mol. The summed E-state index contributed by atoms with van der Waals surface area (Å²) in [6.45, 7) is 3.83. The summed E-state index contributed by atoms with van der Waals surface area (Å²) in [7, 11) is 0. The van der Waals surface area contributed by atoms with Gasteiger partial charge in [0.2, 0.25) is 5.91 Å². The summed E-state index contributed by atoms with van der Waals surface area (Å²) >= 11 is 0. The normalized spacial score (nSPS) is 19.8. The van der Waals surface area contributed by atoms with Gasteiger partial charge in [-0.3, -0.25) is 4.79 Å². The minimum absolute atomic E-state index is 0.000727. The zero-order chi connectivity index (χ0) is 20.7. The fraction of sp³-hybridized carbons (Fsp3) is 0.579. The van der Waals surface area contributed by atoms with Gasteiger partial charge in [0, 0.05) is 19.2 Å². The van der Waals surface area contributed by atoms with Crippen LogP contribution < -0.4 is 16.0 Å². The highest BCUT2D eigenvalue weighted by molar-refractivity contribution is 5.92. The van der Waals surface area contributed by atoms with E-state index >= 15 is 0 Å². The van der Waals surface area contributed by atoms with Crippen LogP contribution in [-0.2, 0) is 15.7 Å². The Morgan fingerprint density at radius 2 is 1.89 bits per heavy atom. The zero-order valence-electron chi connectivity index (χ0n) is 16.0. The zero-order valence-corrected chi connectivity index (χ0v) is 16.0. The first-order valence-electron chi connectivity index (χ1n) is 9.32. The summed E-state index contributed by atoms with van der Waals surface area (Å²) < 4.78 is 45.5. The molecule has 2 rings (SSSR count). The lowest BCUT2D eigenvalue weighted by Crippen LogP contribution is -2.34. The monoisotopic (exact) mass is 401 g/mol. The molecule has 6 nitrogen and oxygen atoms in total. The van der Waals surface area contributed by atoms with Gasteiger partial charge in [-0.1, -0.05) is 19.8 Å². The topological polar surface area (TPSA) is 79.5 Å². The third-order valence-electron chi connectivity index (χ3n) is 4.65. The van der Waals surface area contributed by atoms with Crippen LogP contribution in [0.4, 0.5) is 29.3 Å². The van der Waals surface area contributed by atoms with Crippen LogP contribution in [0.15, 0.2) is 18.2 Å². The van der Waals surface area contributed by atoms with E-state index in [1.54, 1.807) is 0 Å². The largest absolute Gasteiger partial charge is 0.418 e. The Bertz CT molecular complexity index is 695. The number of urea groups is 1. The van der Waals surface area contributed by atoms with Crippen LogP contribution in [-0.4, -0.2) is 31.2 Å². The van der Waals surface area contributed by atoms with E-state index in [1.807, 2.05) is 0 Å². The second-order valence-corrected chi connectivity index (χ2v) is 6.99. The number of carbonyl (C=O) groups excluding carboxylic acids is 2. The van der Waals surface area contributed by atoms with E-state index in [0.29, 0.717) is 12.5 Å². The summed E-state index contributed by atoms with van der Waals surface area (Å²) in [4.78, 5) is 23.0. The number of amides is 3. The molecule has 1 aliphatic rings. The molecule has 156 valence electrons. The number of benzene rings is 1. The highest BCUT2D eigenvalue weighted by atomic mass is 19.4. The molecule has 1 aromatic carbocycles. The molecule has 0 bridgehead atoms. The van der Waals surface area contributed by atoms with Crippen LogP contribution in [0, 0.1) is 5.92 Å². The van der Waals surface area contributed by atoms with E-state index < -0.39 is 23.7 Å². The van der Waals surface area contributed by atoms with Gasteiger partial charge in [0.15, 0.2) is 0 Å². The number of hydrogen-bond acceptors (Lipinski definition) is 3. The van der Waals surface area contributed by atoms with E-state index in [1.165, 1.54) is 19.4 Å². The lowest BCUT2D eigenvalue weighted by atomic mass is 9.88. The average molecular weight is 401 g/mol. The van der Waals surface area contributed by atoms with Crippen molar-refractivity contribution in [3.05, 3.63) is 23.8 Å². The molecule has 1 fully saturated rings. The van der Waals surface area contributed by atoms with Crippen molar-refractivity contribution >= 4 is 23.3 Å². The van der Waals surface area contributed by atoms with E-state index in [-0.39, 0.29) is 24.0 Å². The summed E-state index contributed by atoms with van der Waals surface area (Å²) in [6, 6.07) is 2.43. The van der Waals surface area contributed by atoms with Crippen LogP contribution in [0.5, 0.6) is 0 Å². The number of anilines is 2. The Hall–Kier alpha value is -2.29. The van der Waals surface area contributed by atoms with Crippen molar-refractivity contribution in [2.24, 2.45) is 5.92 Å². The summed E-state index contributed by atoms with van der Waals surface area (Å²) in [5.41, 5.74) is -1.43. The second-order valence-electron chi connectivity index (χ2n) is 6.99. The summed E-state index contributed by atoms with van der Waals surface area (Å²) in [5.74, 6) is -0.0158. The molecule has 0 aromatic heterocycles. The standard InChI is InChI=1S/C19H26F3N3O3/c1-12-5-3-4-6-17(12)28-10-9-23-18(27)25-16-8-7-14(24-13(2)26)11-15(16)19(20,21)22/h7-8,11-12,17H,3-6,9-10H2,1-2H3,(H,24,26)(H2,23,25,27)/t12-,17-/m1/s1. The molecular formula is C19H26F3N3O3. The van der Waals surface area contributed by atoms with Crippen molar-refractivity contribution in [3.63, 3.8) is 0 Å². The molecule has 0 saturated heterocycles. The number of hydrogen-bond donors (Lipinski definition) is 3. The van der Waals surface area contributed by atoms with Gasteiger partial charge in [0.1, 0.15) is 0 Å². The van der Waals surface area contributed by atoms with Gasteiger partial charge >= 0.3 is 12.2 Å². The van der Waals surface area contributed by atoms with Crippen molar-refractivity contribution in [3.8, 4) is 0 Å². The van der Waals surface area contributed by atoms with Gasteiger partial charge < -0.3 is 20.7 Å². The molecule has 0 spiro atoms. The van der Waals surface area contributed by atoms with Gasteiger partial charge in [0.05, 0.1) is 24.0 Å². The number of rotatable bonds is 6. The summed E-state index contributed by atoms with van der Waals surface area (Å²) in [6.07, 6.45) is -0.0912. The smallest absolute Gasteiger partial charge is 0.376 e. The second kappa shape index (κ2) is 9.77. The molecule has 2 atom stereocenters. The third-order valence-corrected chi connectivity index (χ3v) is 4.65. The van der Waals surface area contributed by atoms with Crippen molar-refractivity contribution in [1.82, 2.24) is 5.32 Å². The Labute approximate surface area is 162 Å². The van der Waals surface area contributed by atoms with Gasteiger partial charge in [-0.15, -0.1) is 0 Å². The number of ether oxygens (including phenoxy) is 1. The Morgan fingerprint density at radius 3 is 2.54 bits per heavy atom. The highest BCUT2D eigenvalue weighted by Gasteiger charge is 2.34. The van der Waals surface area contributed by atoms with Crippen molar-refractivity contribution in [1.29, 1.82) is 0 Å². The Morgan fingerprint density at radius 1 is 1.18 bits per heavy atom. The maximum atomic E-state index is 13.3. The molecule has 0 unspecified atom stereocenters. The number of carbonyl (C=O) groups is 2. The number of nitrogens with one attached hydrogen (secondary N) is 3. The van der Waals surface area contributed by atoms with Crippen molar-refractivity contribution in [2.45, 2.75) is 51.8 Å². The van der Waals surface area contributed by atoms with E-state index in [2.05, 4.69) is 22.9 Å². The molecule has 3 amide bonds. The van der Waals surface area contributed by atoms with E-state index in [4.69, 9.17) is 4.74 Å². The number of halogens is 3. The van der Waals surface area contributed by atoms with Crippen LogP contribution in [0.1, 0.15) is 45.1 Å². The molecule has 1 saturated carbocycles. The average Bonchev–Trinajstić information content (AvgIpc) is 2.60. The molecule has 3 N–H and O–H groups in total. The first-order chi connectivity index (χ1) is 13.2. The molecule has 1 aromatic rings. The fourth-order valence-electron chi connectivity index (χ4n) is 3.24. The molecule has 0 radical (unpaired) electrons. The molecule has 1 aliphatic carbocycles. The van der Waals surface area contributed by atoms with E-state index in [9.17, 15) is 22.8 Å². The minimum atomic E-state index is -4.68. The van der Waals surface area contributed by atoms with Crippen LogP contribution in [0.3, 0.4) is 0 Å². The van der Waals surface area contributed by atoms with Gasteiger partial charge in [-0.25, -0.2) is 4.79 Å². The maximum absolute atomic E-state index is 13.3. The maximum Gasteiger partial charge on any atom is 0.418 e. The fourth-order valence-corrected chi connectivity index (χ4v) is 3.24. The van der Waals surface area contributed by atoms with Gasteiger partial charge in [0.25, 0.3) is 0 Å². The predicted octanol–water partition coefficient (Wildman–Crippen LogP) is 4.38. The molecule has 9 heteroatoms. The van der Waals surface area contributed by atoms with Crippen molar-refractivity contribution < 1.29 is 27.5 Å². The lowest BCUT2D eigenvalue weighted by molar-refractivity contribution is -0.137. The van der Waals surface area contributed by atoms with Gasteiger partial charge in [-0.2, -0.15) is 13.2 Å². The van der Waals surface area contributed by atoms with Crippen LogP contribution in [0.2, 0.25) is 0 Å². The van der Waals surface area contributed by atoms with Gasteiger partial charge in [-0.05, 0) is 37.0 Å². The van der Waals surface area contributed by atoms with Crippen LogP contribution in [0.25, 0.3) is 0 Å². The number of alkyl halides is 3. The molecular weight excluding hydrogens is 375 g/mol. The highest BCUT2D eigenvalue weighted by Crippen LogP contribution is 2.36. The lowest BCUT2D eigenvalue weighted by Gasteiger charge is -2.28. The third kappa shape index (κ3) is 6.70. The molecule has 28 heavy (non-hydrogen) atoms. The first kappa shape index (κ1) is 22.0. The minimum Gasteiger partial charge on any atom is -0.376 e. The Kier molecular flexibility index (Phi) is 7.68. The first-order valence-corrected chi connectivity index (χ1v) is 9.32.